The number of fused-ring (bicyclic) bond motifs is 1. The lowest BCUT2D eigenvalue weighted by molar-refractivity contribution is -0.116. The van der Waals surface area contributed by atoms with E-state index >= 15 is 0 Å². The van der Waals surface area contributed by atoms with Crippen molar-refractivity contribution in [3.05, 3.63) is 78.0 Å². The first kappa shape index (κ1) is 22.3. The summed E-state index contributed by atoms with van der Waals surface area (Å²) < 4.78 is 32.9. The van der Waals surface area contributed by atoms with Gasteiger partial charge in [0.05, 0.1) is 6.61 Å². The Kier molecular flexibility index (Phi) is 6.62. The number of rotatable bonds is 8. The van der Waals surface area contributed by atoms with Crippen LogP contribution in [-0.4, -0.2) is 27.7 Å². The van der Waals surface area contributed by atoms with Gasteiger partial charge in [0.15, 0.2) is 5.75 Å². The lowest BCUT2D eigenvalue weighted by atomic mass is 9.96. The van der Waals surface area contributed by atoms with E-state index in [2.05, 4.69) is 16.9 Å². The number of aromatic nitrogens is 1. The molecule has 2 aromatic carbocycles. The van der Waals surface area contributed by atoms with Gasteiger partial charge in [-0.2, -0.15) is 0 Å². The van der Waals surface area contributed by atoms with E-state index in [1.165, 1.54) is 24.3 Å². The van der Waals surface area contributed by atoms with E-state index in [-0.39, 0.29) is 12.1 Å². The van der Waals surface area contributed by atoms with E-state index in [0.717, 1.165) is 13.0 Å². The number of pyridine rings is 1. The van der Waals surface area contributed by atoms with E-state index in [9.17, 15) is 23.8 Å². The zero-order valence-electron chi connectivity index (χ0n) is 16.8. The molecular formula is C23H22F2N2O4. The maximum absolute atomic E-state index is 13.5. The maximum Gasteiger partial charge on any atom is 0.270 e. The Bertz CT molecular complexity index is 1100. The molecular weight excluding hydrogens is 406 g/mol. The smallest absolute Gasteiger partial charge is 0.270 e. The van der Waals surface area contributed by atoms with E-state index in [1.54, 1.807) is 24.4 Å². The van der Waals surface area contributed by atoms with Gasteiger partial charge in [0.25, 0.3) is 5.92 Å². The highest BCUT2D eigenvalue weighted by molar-refractivity contribution is 5.90. The van der Waals surface area contributed by atoms with Crippen LogP contribution in [0.2, 0.25) is 0 Å². The van der Waals surface area contributed by atoms with Gasteiger partial charge < -0.3 is 20.3 Å². The summed E-state index contributed by atoms with van der Waals surface area (Å²) >= 11 is 0. The third-order valence-corrected chi connectivity index (χ3v) is 4.72. The van der Waals surface area contributed by atoms with Crippen LogP contribution in [0, 0.1) is 0 Å². The molecule has 6 nitrogen and oxygen atoms in total. The van der Waals surface area contributed by atoms with E-state index in [0.29, 0.717) is 33.5 Å². The van der Waals surface area contributed by atoms with Gasteiger partial charge in [-0.1, -0.05) is 12.6 Å². The molecule has 1 atom stereocenters. The third kappa shape index (κ3) is 5.04. The zero-order valence-corrected chi connectivity index (χ0v) is 16.8. The normalized spacial score (nSPS) is 12.4. The molecule has 0 fully saturated rings. The van der Waals surface area contributed by atoms with Gasteiger partial charge in [0.1, 0.15) is 17.4 Å². The second kappa shape index (κ2) is 9.20. The van der Waals surface area contributed by atoms with Crippen LogP contribution in [-0.2, 0) is 17.3 Å². The number of aliphatic hydroxyl groups excluding tert-OH is 2. The van der Waals surface area contributed by atoms with Crippen molar-refractivity contribution < 1.29 is 28.5 Å². The molecule has 3 aromatic rings. The number of aliphatic hydroxyl groups is 2. The van der Waals surface area contributed by atoms with Crippen molar-refractivity contribution in [1.29, 1.82) is 0 Å². The van der Waals surface area contributed by atoms with Crippen molar-refractivity contribution in [2.24, 2.45) is 0 Å². The lowest BCUT2D eigenvalue weighted by Gasteiger charge is -2.19. The molecule has 0 unspecified atom stereocenters. The summed E-state index contributed by atoms with van der Waals surface area (Å²) in [6.07, 6.45) is 1.46. The quantitative estimate of drug-likeness (QED) is 0.473. The Balaban J connectivity index is 2.08. The molecule has 0 bridgehead atoms. The molecule has 3 rings (SSSR count). The van der Waals surface area contributed by atoms with Gasteiger partial charge in [0, 0.05) is 30.6 Å². The van der Waals surface area contributed by atoms with Crippen molar-refractivity contribution in [2.75, 3.05) is 6.61 Å². The predicted octanol–water partition coefficient (Wildman–Crippen LogP) is 3.97. The molecule has 0 aliphatic carbocycles. The summed E-state index contributed by atoms with van der Waals surface area (Å²) in [7, 11) is 0. The average molecular weight is 428 g/mol. The standard InChI is InChI=1S/C23H22F2N2O4/c1-3-20(30)27-12-14-11-19(31-16-8-6-15(7-9-16)23(2,24)25)22-17(5-4-10-26-22)21(14)18(29)13-28/h3-11,18,28-29H,1,12-13H2,2H3,(H,27,30)/t18-/m1/s1. The Hall–Kier alpha value is -3.36. The highest BCUT2D eigenvalue weighted by atomic mass is 19.3. The van der Waals surface area contributed by atoms with Gasteiger partial charge in [-0.15, -0.1) is 0 Å². The largest absolute Gasteiger partial charge is 0.455 e. The number of benzene rings is 2. The number of amides is 1. The average Bonchev–Trinajstić information content (AvgIpc) is 2.76. The lowest BCUT2D eigenvalue weighted by Crippen LogP contribution is -2.22. The van der Waals surface area contributed by atoms with Crippen molar-refractivity contribution in [2.45, 2.75) is 25.5 Å². The Morgan fingerprint density at radius 2 is 2.03 bits per heavy atom. The van der Waals surface area contributed by atoms with Gasteiger partial charge in [-0.25, -0.2) is 8.78 Å². The summed E-state index contributed by atoms with van der Waals surface area (Å²) in [4.78, 5) is 16.0. The number of carbonyl (C=O) groups is 1. The van der Waals surface area contributed by atoms with Gasteiger partial charge in [-0.3, -0.25) is 9.78 Å². The number of alkyl halides is 2. The second-order valence-corrected chi connectivity index (χ2v) is 6.98. The van der Waals surface area contributed by atoms with E-state index in [4.69, 9.17) is 4.74 Å². The minimum Gasteiger partial charge on any atom is -0.455 e. The molecule has 1 amide bonds. The number of ether oxygens (including phenoxy) is 1. The summed E-state index contributed by atoms with van der Waals surface area (Å²) in [6, 6.07) is 10.4. The predicted molar refractivity (Wildman–Crippen MR) is 112 cm³/mol. The highest BCUT2D eigenvalue weighted by Gasteiger charge is 2.24. The first-order valence-corrected chi connectivity index (χ1v) is 9.50. The number of nitrogens with zero attached hydrogens (tertiary/aromatic N) is 1. The summed E-state index contributed by atoms with van der Waals surface area (Å²) in [5.41, 5.74) is 1.18. The zero-order chi connectivity index (χ0) is 22.6. The molecule has 162 valence electrons. The number of carbonyl (C=O) groups excluding carboxylic acids is 1. The fraction of sp³-hybridized carbons (Fsp3) is 0.217. The fourth-order valence-corrected chi connectivity index (χ4v) is 3.20. The number of nitrogens with one attached hydrogen (secondary N) is 1. The molecule has 8 heteroatoms. The topological polar surface area (TPSA) is 91.7 Å². The number of hydrogen-bond acceptors (Lipinski definition) is 5. The Labute approximate surface area is 177 Å². The van der Waals surface area contributed by atoms with Gasteiger partial charge >= 0.3 is 0 Å². The third-order valence-electron chi connectivity index (χ3n) is 4.72. The number of hydrogen-bond donors (Lipinski definition) is 3. The van der Waals surface area contributed by atoms with Crippen LogP contribution in [0.3, 0.4) is 0 Å². The molecule has 0 aliphatic rings. The van der Waals surface area contributed by atoms with Crippen LogP contribution in [0.15, 0.2) is 61.3 Å². The van der Waals surface area contributed by atoms with Crippen LogP contribution in [0.1, 0.15) is 29.7 Å². The minimum absolute atomic E-state index is 0.0411. The Morgan fingerprint density at radius 3 is 2.65 bits per heavy atom. The van der Waals surface area contributed by atoms with Crippen molar-refractivity contribution in [3.63, 3.8) is 0 Å². The minimum atomic E-state index is -2.97. The molecule has 31 heavy (non-hydrogen) atoms. The van der Waals surface area contributed by atoms with Crippen molar-refractivity contribution in [1.82, 2.24) is 10.3 Å². The van der Waals surface area contributed by atoms with Crippen LogP contribution in [0.4, 0.5) is 8.78 Å². The van der Waals surface area contributed by atoms with Crippen LogP contribution < -0.4 is 10.1 Å². The van der Waals surface area contributed by atoms with Crippen molar-refractivity contribution in [3.8, 4) is 11.5 Å². The molecule has 0 saturated heterocycles. The van der Waals surface area contributed by atoms with E-state index < -0.39 is 24.5 Å². The first-order valence-electron chi connectivity index (χ1n) is 9.50. The summed E-state index contributed by atoms with van der Waals surface area (Å²) in [6.45, 7) is 3.73. The molecule has 1 aromatic heterocycles. The highest BCUT2D eigenvalue weighted by Crippen LogP contribution is 2.37. The SMILES string of the molecule is C=CC(=O)NCc1cc(Oc2ccc(C(C)(F)F)cc2)c2ncccc2c1[C@H](O)CO. The number of halogens is 2. The molecule has 3 N–H and O–H groups in total. The maximum atomic E-state index is 13.5. The van der Waals surface area contributed by atoms with Crippen LogP contribution >= 0.6 is 0 Å². The Morgan fingerprint density at radius 1 is 1.32 bits per heavy atom. The molecule has 0 spiro atoms. The first-order chi connectivity index (χ1) is 14.7. The molecule has 0 radical (unpaired) electrons. The van der Waals surface area contributed by atoms with Crippen molar-refractivity contribution >= 4 is 16.8 Å². The van der Waals surface area contributed by atoms with Crippen LogP contribution in [0.25, 0.3) is 10.9 Å². The summed E-state index contributed by atoms with van der Waals surface area (Å²) in [5, 5.41) is 23.1. The molecule has 0 saturated carbocycles. The van der Waals surface area contributed by atoms with Gasteiger partial charge in [0.2, 0.25) is 5.91 Å². The molecule has 0 aliphatic heterocycles. The summed E-state index contributed by atoms with van der Waals surface area (Å²) in [5.74, 6) is -2.75. The monoisotopic (exact) mass is 428 g/mol. The fourth-order valence-electron chi connectivity index (χ4n) is 3.20. The second-order valence-electron chi connectivity index (χ2n) is 6.98. The molecule has 1 heterocycles. The van der Waals surface area contributed by atoms with E-state index in [1.807, 2.05) is 0 Å². The van der Waals surface area contributed by atoms with Crippen LogP contribution in [0.5, 0.6) is 11.5 Å². The van der Waals surface area contributed by atoms with Gasteiger partial charge in [-0.05, 0) is 53.6 Å².